The monoisotopic (exact) mass is 375 g/mol. The van der Waals surface area contributed by atoms with Crippen LogP contribution in [0.5, 0.6) is 5.75 Å². The Balaban J connectivity index is 1.97. The molecular formula is C17H17N3O5S. The van der Waals surface area contributed by atoms with Gasteiger partial charge in [-0.3, -0.25) is 9.59 Å². The van der Waals surface area contributed by atoms with Crippen molar-refractivity contribution in [3.8, 4) is 16.9 Å². The lowest BCUT2D eigenvalue weighted by molar-refractivity contribution is -0.119. The summed E-state index contributed by atoms with van der Waals surface area (Å²) in [7, 11) is -4.01. The van der Waals surface area contributed by atoms with Gasteiger partial charge in [0, 0.05) is 13.5 Å². The van der Waals surface area contributed by atoms with Crippen LogP contribution in [0.2, 0.25) is 0 Å². The molecule has 1 aliphatic heterocycles. The Bertz CT molecular complexity index is 988. The molecule has 0 atom stereocenters. The first-order valence-corrected chi connectivity index (χ1v) is 9.20. The van der Waals surface area contributed by atoms with Crippen LogP contribution in [0.25, 0.3) is 11.1 Å². The molecule has 0 unspecified atom stereocenters. The molecule has 8 nitrogen and oxygen atoms in total. The first-order valence-electron chi connectivity index (χ1n) is 7.76. The smallest absolute Gasteiger partial charge is 0.326 e. The van der Waals surface area contributed by atoms with Gasteiger partial charge in [-0.15, -0.1) is 0 Å². The fraction of sp³-hybridized carbons (Fsp3) is 0.176. The van der Waals surface area contributed by atoms with Crippen LogP contribution in [0.1, 0.15) is 12.5 Å². The summed E-state index contributed by atoms with van der Waals surface area (Å²) in [5.74, 6) is -1.05. The molecular weight excluding hydrogens is 358 g/mol. The maximum Gasteiger partial charge on any atom is 0.326 e. The lowest BCUT2D eigenvalue weighted by Gasteiger charge is -2.17. The molecule has 3 N–H and O–H groups in total. The highest BCUT2D eigenvalue weighted by Crippen LogP contribution is 2.35. The molecule has 26 heavy (non-hydrogen) atoms. The van der Waals surface area contributed by atoms with E-state index in [1.807, 2.05) is 29.0 Å². The number of nitrogens with zero attached hydrogens (tertiary/aromatic N) is 1. The molecule has 0 aromatic heterocycles. The number of nitrogens with one attached hydrogen (secondary N) is 2. The SMILES string of the molecule is CC(=O)NCc1cccc(-c2ccc(O)c(N3CC(=O)NS3(=O)=O)c2)c1. The number of carbonyl (C=O) groups is 2. The van der Waals surface area contributed by atoms with Crippen molar-refractivity contribution in [2.45, 2.75) is 13.5 Å². The average molecular weight is 375 g/mol. The fourth-order valence-electron chi connectivity index (χ4n) is 2.65. The van der Waals surface area contributed by atoms with Crippen LogP contribution in [0, 0.1) is 0 Å². The van der Waals surface area contributed by atoms with Crippen molar-refractivity contribution in [1.29, 1.82) is 0 Å². The molecule has 0 radical (unpaired) electrons. The van der Waals surface area contributed by atoms with E-state index < -0.39 is 16.1 Å². The van der Waals surface area contributed by atoms with Gasteiger partial charge in [-0.2, -0.15) is 8.42 Å². The zero-order valence-corrected chi connectivity index (χ0v) is 14.7. The first kappa shape index (κ1) is 17.7. The summed E-state index contributed by atoms with van der Waals surface area (Å²) in [6, 6.07) is 11.9. The summed E-state index contributed by atoms with van der Waals surface area (Å²) in [4.78, 5) is 22.5. The number of phenols is 1. The van der Waals surface area contributed by atoms with E-state index in [4.69, 9.17) is 0 Å². The Morgan fingerprint density at radius 2 is 1.96 bits per heavy atom. The van der Waals surface area contributed by atoms with Crippen LogP contribution in [-0.4, -0.2) is 31.9 Å². The molecule has 1 aliphatic rings. The molecule has 136 valence electrons. The van der Waals surface area contributed by atoms with Crippen molar-refractivity contribution in [1.82, 2.24) is 10.0 Å². The quantitative estimate of drug-likeness (QED) is 0.734. The van der Waals surface area contributed by atoms with Gasteiger partial charge in [0.25, 0.3) is 5.91 Å². The predicted molar refractivity (Wildman–Crippen MR) is 95.5 cm³/mol. The van der Waals surface area contributed by atoms with Gasteiger partial charge < -0.3 is 10.4 Å². The third-order valence-corrected chi connectivity index (χ3v) is 5.26. The zero-order valence-electron chi connectivity index (χ0n) is 13.9. The highest BCUT2D eigenvalue weighted by Gasteiger charge is 2.35. The minimum Gasteiger partial charge on any atom is -0.506 e. The Morgan fingerprint density at radius 3 is 2.62 bits per heavy atom. The third kappa shape index (κ3) is 3.62. The lowest BCUT2D eigenvalue weighted by Crippen LogP contribution is -2.29. The Hall–Kier alpha value is -3.07. The van der Waals surface area contributed by atoms with E-state index in [1.54, 1.807) is 6.07 Å². The van der Waals surface area contributed by atoms with Gasteiger partial charge in [0.15, 0.2) is 0 Å². The van der Waals surface area contributed by atoms with Crippen molar-refractivity contribution in [3.05, 3.63) is 48.0 Å². The topological polar surface area (TPSA) is 116 Å². The van der Waals surface area contributed by atoms with Gasteiger partial charge in [-0.05, 0) is 34.9 Å². The maximum absolute atomic E-state index is 12.0. The Labute approximate surface area is 150 Å². The fourth-order valence-corrected chi connectivity index (χ4v) is 3.81. The second-order valence-corrected chi connectivity index (χ2v) is 7.45. The van der Waals surface area contributed by atoms with Gasteiger partial charge in [0.2, 0.25) is 5.91 Å². The van der Waals surface area contributed by atoms with E-state index in [2.05, 4.69) is 5.32 Å². The van der Waals surface area contributed by atoms with E-state index in [9.17, 15) is 23.1 Å². The maximum atomic E-state index is 12.0. The van der Waals surface area contributed by atoms with Crippen LogP contribution < -0.4 is 14.3 Å². The van der Waals surface area contributed by atoms with E-state index >= 15 is 0 Å². The van der Waals surface area contributed by atoms with E-state index in [0.29, 0.717) is 12.1 Å². The summed E-state index contributed by atoms with van der Waals surface area (Å²) >= 11 is 0. The number of carbonyl (C=O) groups excluding carboxylic acids is 2. The number of benzene rings is 2. The number of anilines is 1. The number of hydrogen-bond donors (Lipinski definition) is 3. The Morgan fingerprint density at radius 1 is 1.23 bits per heavy atom. The summed E-state index contributed by atoms with van der Waals surface area (Å²) in [5, 5.41) is 12.8. The molecule has 0 aliphatic carbocycles. The minimum atomic E-state index is -4.01. The average Bonchev–Trinajstić information content (AvgIpc) is 2.86. The summed E-state index contributed by atoms with van der Waals surface area (Å²) in [5.41, 5.74) is 2.34. The van der Waals surface area contributed by atoms with Gasteiger partial charge in [-0.1, -0.05) is 24.3 Å². The highest BCUT2D eigenvalue weighted by atomic mass is 32.2. The van der Waals surface area contributed by atoms with Crippen LogP contribution in [-0.2, 0) is 26.3 Å². The van der Waals surface area contributed by atoms with Gasteiger partial charge in [0.05, 0.1) is 5.69 Å². The summed E-state index contributed by atoms with van der Waals surface area (Å²) in [6.45, 7) is 1.41. The predicted octanol–water partition coefficient (Wildman–Crippen LogP) is 0.876. The molecule has 1 saturated heterocycles. The van der Waals surface area contributed by atoms with E-state index in [1.165, 1.54) is 19.1 Å². The van der Waals surface area contributed by atoms with Crippen LogP contribution in [0.3, 0.4) is 0 Å². The molecule has 0 saturated carbocycles. The first-order chi connectivity index (χ1) is 12.3. The highest BCUT2D eigenvalue weighted by molar-refractivity contribution is 7.92. The van der Waals surface area contributed by atoms with Gasteiger partial charge in [0.1, 0.15) is 12.3 Å². The standard InChI is InChI=1S/C17H17N3O5S/c1-11(21)18-9-12-3-2-4-13(7-12)14-5-6-16(22)15(8-14)20-10-17(23)19-26(20,24)25/h2-8,22H,9-10H2,1H3,(H,18,21)(H,19,23). The molecule has 3 rings (SSSR count). The number of hydrogen-bond acceptors (Lipinski definition) is 5. The van der Waals surface area contributed by atoms with Crippen molar-refractivity contribution < 1.29 is 23.1 Å². The van der Waals surface area contributed by atoms with E-state index in [0.717, 1.165) is 15.4 Å². The Kier molecular flexibility index (Phi) is 4.56. The summed E-state index contributed by atoms with van der Waals surface area (Å²) in [6.07, 6.45) is 0. The molecule has 2 amide bonds. The van der Waals surface area contributed by atoms with Gasteiger partial charge in [-0.25, -0.2) is 9.03 Å². The van der Waals surface area contributed by atoms with Crippen molar-refractivity contribution in [3.63, 3.8) is 0 Å². The lowest BCUT2D eigenvalue weighted by atomic mass is 10.0. The van der Waals surface area contributed by atoms with Crippen LogP contribution >= 0.6 is 0 Å². The molecule has 0 spiro atoms. The minimum absolute atomic E-state index is 0.0214. The number of amides is 2. The number of aromatic hydroxyl groups is 1. The normalized spacial score (nSPS) is 15.6. The zero-order chi connectivity index (χ0) is 18.9. The largest absolute Gasteiger partial charge is 0.506 e. The molecule has 2 aromatic rings. The van der Waals surface area contributed by atoms with Crippen LogP contribution in [0.15, 0.2) is 42.5 Å². The van der Waals surface area contributed by atoms with Crippen molar-refractivity contribution in [2.75, 3.05) is 10.8 Å². The second kappa shape index (κ2) is 6.68. The van der Waals surface area contributed by atoms with Crippen LogP contribution in [0.4, 0.5) is 5.69 Å². The third-order valence-electron chi connectivity index (χ3n) is 3.87. The van der Waals surface area contributed by atoms with Crippen molar-refractivity contribution in [2.24, 2.45) is 0 Å². The molecule has 0 bridgehead atoms. The molecule has 2 aromatic carbocycles. The second-order valence-electron chi connectivity index (χ2n) is 5.85. The molecule has 1 heterocycles. The number of phenolic OH excluding ortho intramolecular Hbond substituents is 1. The van der Waals surface area contributed by atoms with Gasteiger partial charge >= 0.3 is 10.2 Å². The molecule has 1 fully saturated rings. The van der Waals surface area contributed by atoms with Crippen molar-refractivity contribution >= 4 is 27.7 Å². The van der Waals surface area contributed by atoms with E-state index in [-0.39, 0.29) is 23.9 Å². The molecule has 9 heteroatoms. The number of rotatable bonds is 4. The summed E-state index contributed by atoms with van der Waals surface area (Å²) < 4.78 is 26.7.